The molecule has 0 bridgehead atoms. The van der Waals surface area contributed by atoms with Gasteiger partial charge in [-0.2, -0.15) is 0 Å². The average molecular weight is 395 g/mol. The molecular weight excluding hydrogens is 376 g/mol. The monoisotopic (exact) mass is 394 g/mol. The normalized spacial score (nSPS) is 25.4. The Morgan fingerprint density at radius 3 is 2.83 bits per heavy atom. The molecule has 2 aliphatic rings. The molecule has 1 heterocycles. The topological polar surface area (TPSA) is 86.7 Å². The van der Waals surface area contributed by atoms with Gasteiger partial charge in [0.1, 0.15) is 0 Å². The van der Waals surface area contributed by atoms with Crippen molar-refractivity contribution in [3.8, 4) is 0 Å². The number of halogens is 1. The van der Waals surface area contributed by atoms with Crippen molar-refractivity contribution < 1.29 is 19.5 Å². The number of nitrogens with zero attached hydrogens (tertiary/aromatic N) is 1. The van der Waals surface area contributed by atoms with Crippen LogP contribution in [-0.2, 0) is 9.59 Å². The highest BCUT2D eigenvalue weighted by Gasteiger charge is 2.55. The summed E-state index contributed by atoms with van der Waals surface area (Å²) in [6.07, 6.45) is 2.38. The fourth-order valence-corrected chi connectivity index (χ4v) is 4.23. The van der Waals surface area contributed by atoms with Gasteiger partial charge in [0.2, 0.25) is 5.91 Å². The second kappa shape index (κ2) is 6.55. The summed E-state index contributed by atoms with van der Waals surface area (Å²) in [6.45, 7) is 0.601. The van der Waals surface area contributed by atoms with Crippen LogP contribution in [0.25, 0.3) is 0 Å². The molecule has 2 amide bonds. The standard InChI is InChI=1S/C17H19BrN2O4/c18-13-5-1-3-11(7-13)15(22)19-8-14(21)20-9-12-4-2-6-17(12,10-20)16(23)24/h1,3,5,7,12H,2,4,6,8-10H2,(H,19,22)(H,23,24)/t12-,17+/m0/s1. The van der Waals surface area contributed by atoms with Crippen molar-refractivity contribution in [2.45, 2.75) is 19.3 Å². The van der Waals surface area contributed by atoms with Crippen molar-refractivity contribution >= 4 is 33.7 Å². The third kappa shape index (κ3) is 3.05. The number of likely N-dealkylation sites (tertiary alicyclic amines) is 1. The summed E-state index contributed by atoms with van der Waals surface area (Å²) >= 11 is 3.30. The molecule has 6 nitrogen and oxygen atoms in total. The maximum Gasteiger partial charge on any atom is 0.311 e. The molecule has 3 rings (SSSR count). The maximum absolute atomic E-state index is 12.4. The zero-order valence-corrected chi connectivity index (χ0v) is 14.7. The minimum absolute atomic E-state index is 0.0275. The van der Waals surface area contributed by atoms with Gasteiger partial charge in [0, 0.05) is 23.1 Å². The fourth-order valence-electron chi connectivity index (χ4n) is 3.83. The van der Waals surface area contributed by atoms with E-state index in [2.05, 4.69) is 21.2 Å². The molecule has 2 N–H and O–H groups in total. The van der Waals surface area contributed by atoms with Crippen molar-refractivity contribution in [2.75, 3.05) is 19.6 Å². The number of hydrogen-bond donors (Lipinski definition) is 2. The number of rotatable bonds is 4. The molecule has 1 aliphatic heterocycles. The molecule has 7 heteroatoms. The molecule has 0 unspecified atom stereocenters. The smallest absolute Gasteiger partial charge is 0.311 e. The molecule has 2 fully saturated rings. The zero-order valence-electron chi connectivity index (χ0n) is 13.1. The quantitative estimate of drug-likeness (QED) is 0.816. The first-order valence-corrected chi connectivity index (χ1v) is 8.76. The third-order valence-corrected chi connectivity index (χ3v) is 5.63. The molecule has 1 aromatic rings. The van der Waals surface area contributed by atoms with Gasteiger partial charge in [-0.1, -0.05) is 28.4 Å². The van der Waals surface area contributed by atoms with Gasteiger partial charge in [0.25, 0.3) is 5.91 Å². The lowest BCUT2D eigenvalue weighted by Gasteiger charge is -2.23. The van der Waals surface area contributed by atoms with E-state index in [0.717, 1.165) is 17.3 Å². The van der Waals surface area contributed by atoms with E-state index in [1.54, 1.807) is 23.1 Å². The predicted octanol–water partition coefficient (Wildman–Crippen LogP) is 1.89. The minimum Gasteiger partial charge on any atom is -0.481 e. The Hall–Kier alpha value is -1.89. The predicted molar refractivity (Wildman–Crippen MR) is 90.5 cm³/mol. The summed E-state index contributed by atoms with van der Waals surface area (Å²) in [7, 11) is 0. The lowest BCUT2D eigenvalue weighted by molar-refractivity contribution is -0.149. The van der Waals surface area contributed by atoms with Gasteiger partial charge < -0.3 is 15.3 Å². The van der Waals surface area contributed by atoms with Crippen LogP contribution in [0.5, 0.6) is 0 Å². The minimum atomic E-state index is -0.807. The number of aliphatic carboxylic acids is 1. The number of hydrogen-bond acceptors (Lipinski definition) is 3. The summed E-state index contributed by atoms with van der Waals surface area (Å²) in [5.41, 5.74) is -0.318. The van der Waals surface area contributed by atoms with E-state index < -0.39 is 11.4 Å². The number of carbonyl (C=O) groups excluding carboxylic acids is 2. The number of amides is 2. The molecule has 1 saturated heterocycles. The Morgan fingerprint density at radius 1 is 1.38 bits per heavy atom. The van der Waals surface area contributed by atoms with E-state index in [4.69, 9.17) is 0 Å². The molecule has 0 spiro atoms. The molecule has 24 heavy (non-hydrogen) atoms. The second-order valence-corrected chi connectivity index (χ2v) is 7.43. The molecule has 1 aromatic carbocycles. The van der Waals surface area contributed by atoms with Gasteiger partial charge in [-0.3, -0.25) is 14.4 Å². The molecule has 128 valence electrons. The first kappa shape index (κ1) is 17.0. The maximum atomic E-state index is 12.4. The molecule has 0 aromatic heterocycles. The van der Waals surface area contributed by atoms with Crippen LogP contribution < -0.4 is 5.32 Å². The summed E-state index contributed by atoms with van der Waals surface area (Å²) < 4.78 is 0.789. The fraction of sp³-hybridized carbons (Fsp3) is 0.471. The zero-order chi connectivity index (χ0) is 17.3. The van der Waals surface area contributed by atoms with E-state index in [1.807, 2.05) is 6.07 Å². The van der Waals surface area contributed by atoms with Crippen molar-refractivity contribution in [3.63, 3.8) is 0 Å². The highest BCUT2D eigenvalue weighted by atomic mass is 79.9. The van der Waals surface area contributed by atoms with Crippen LogP contribution in [0.15, 0.2) is 28.7 Å². The summed E-state index contributed by atoms with van der Waals surface area (Å²) in [4.78, 5) is 37.7. The van der Waals surface area contributed by atoms with Crippen LogP contribution >= 0.6 is 15.9 Å². The van der Waals surface area contributed by atoms with Gasteiger partial charge in [-0.25, -0.2) is 0 Å². The first-order chi connectivity index (χ1) is 11.4. The molecule has 1 saturated carbocycles. The Morgan fingerprint density at radius 2 is 2.17 bits per heavy atom. The Bertz CT molecular complexity index is 693. The highest BCUT2D eigenvalue weighted by molar-refractivity contribution is 9.10. The van der Waals surface area contributed by atoms with Crippen LogP contribution in [0.2, 0.25) is 0 Å². The Labute approximate surface area is 148 Å². The lowest BCUT2D eigenvalue weighted by atomic mass is 9.81. The number of nitrogens with one attached hydrogen (secondary N) is 1. The van der Waals surface area contributed by atoms with Crippen LogP contribution in [0, 0.1) is 11.3 Å². The lowest BCUT2D eigenvalue weighted by Crippen LogP contribution is -2.41. The summed E-state index contributed by atoms with van der Waals surface area (Å²) in [5, 5.41) is 12.2. The van der Waals surface area contributed by atoms with Gasteiger partial charge >= 0.3 is 5.97 Å². The van der Waals surface area contributed by atoms with Crippen molar-refractivity contribution in [2.24, 2.45) is 11.3 Å². The van der Waals surface area contributed by atoms with Crippen LogP contribution in [0.3, 0.4) is 0 Å². The second-order valence-electron chi connectivity index (χ2n) is 6.52. The number of carboxylic acid groups (broad SMARTS) is 1. The van der Waals surface area contributed by atoms with E-state index in [0.29, 0.717) is 18.5 Å². The molecule has 1 aliphatic carbocycles. The molecular formula is C17H19BrN2O4. The first-order valence-electron chi connectivity index (χ1n) is 7.97. The number of carboxylic acids is 1. The van der Waals surface area contributed by atoms with Gasteiger partial charge in [-0.15, -0.1) is 0 Å². The summed E-state index contributed by atoms with van der Waals surface area (Å²) in [6, 6.07) is 6.92. The molecule has 2 atom stereocenters. The van der Waals surface area contributed by atoms with Gasteiger partial charge in [-0.05, 0) is 37.0 Å². The SMILES string of the molecule is O=C(NCC(=O)N1C[C@@H]2CCC[C@@]2(C(=O)O)C1)c1cccc(Br)c1. The van der Waals surface area contributed by atoms with Crippen LogP contribution in [-0.4, -0.2) is 47.4 Å². The average Bonchev–Trinajstić information content (AvgIpc) is 3.10. The largest absolute Gasteiger partial charge is 0.481 e. The summed E-state index contributed by atoms with van der Waals surface area (Å²) in [5.74, 6) is -1.33. The van der Waals surface area contributed by atoms with Crippen LogP contribution in [0.4, 0.5) is 0 Å². The highest BCUT2D eigenvalue weighted by Crippen LogP contribution is 2.48. The number of fused-ring (bicyclic) bond motifs is 1. The van der Waals surface area contributed by atoms with Crippen LogP contribution in [0.1, 0.15) is 29.6 Å². The van der Waals surface area contributed by atoms with Crippen molar-refractivity contribution in [1.29, 1.82) is 0 Å². The van der Waals surface area contributed by atoms with Crippen molar-refractivity contribution in [1.82, 2.24) is 10.2 Å². The number of carbonyl (C=O) groups is 3. The van der Waals surface area contributed by atoms with E-state index in [9.17, 15) is 19.5 Å². The number of benzene rings is 1. The van der Waals surface area contributed by atoms with Gasteiger partial charge in [0.05, 0.1) is 12.0 Å². The molecule has 0 radical (unpaired) electrons. The van der Waals surface area contributed by atoms with E-state index in [1.165, 1.54) is 0 Å². The Kier molecular flexibility index (Phi) is 4.62. The Balaban J connectivity index is 1.58. The van der Waals surface area contributed by atoms with Gasteiger partial charge in [0.15, 0.2) is 0 Å². The van der Waals surface area contributed by atoms with E-state index >= 15 is 0 Å². The third-order valence-electron chi connectivity index (χ3n) is 5.14. The van der Waals surface area contributed by atoms with E-state index in [-0.39, 0.29) is 30.8 Å². The van der Waals surface area contributed by atoms with Crippen molar-refractivity contribution in [3.05, 3.63) is 34.3 Å².